The Labute approximate surface area is 182 Å². The SMILES string of the molecule is CC(Cl)C(=O)C1C=c2c(ccc3c2=CCc2ccccc2-3)C(C2=CC=CC=CN2)C1. The van der Waals surface area contributed by atoms with Gasteiger partial charge < -0.3 is 5.32 Å². The van der Waals surface area contributed by atoms with Crippen molar-refractivity contribution < 1.29 is 4.79 Å². The summed E-state index contributed by atoms with van der Waals surface area (Å²) in [6.07, 6.45) is 16.2. The summed E-state index contributed by atoms with van der Waals surface area (Å²) in [5.41, 5.74) is 6.28. The van der Waals surface area contributed by atoms with E-state index in [0.717, 1.165) is 18.5 Å². The lowest BCUT2D eigenvalue weighted by Gasteiger charge is -2.30. The molecule has 2 nitrogen and oxygen atoms in total. The molecule has 3 aliphatic rings. The number of allylic oxidation sites excluding steroid dienone is 5. The van der Waals surface area contributed by atoms with E-state index in [9.17, 15) is 4.79 Å². The van der Waals surface area contributed by atoms with Gasteiger partial charge in [0, 0.05) is 23.7 Å². The van der Waals surface area contributed by atoms with Crippen molar-refractivity contribution in [2.45, 2.75) is 31.1 Å². The molecule has 0 radical (unpaired) electrons. The first-order chi connectivity index (χ1) is 14.6. The highest BCUT2D eigenvalue weighted by Crippen LogP contribution is 2.34. The van der Waals surface area contributed by atoms with E-state index in [1.54, 1.807) is 6.92 Å². The van der Waals surface area contributed by atoms with Gasteiger partial charge in [0.15, 0.2) is 5.78 Å². The summed E-state index contributed by atoms with van der Waals surface area (Å²) in [5, 5.41) is 5.37. The van der Waals surface area contributed by atoms with Crippen LogP contribution < -0.4 is 15.8 Å². The number of ketones is 1. The van der Waals surface area contributed by atoms with Gasteiger partial charge in [-0.3, -0.25) is 4.79 Å². The lowest BCUT2D eigenvalue weighted by Crippen LogP contribution is -2.40. The molecule has 3 heteroatoms. The van der Waals surface area contributed by atoms with Gasteiger partial charge in [-0.1, -0.05) is 60.7 Å². The second-order valence-corrected chi connectivity index (χ2v) is 8.84. The molecule has 0 aromatic heterocycles. The predicted molar refractivity (Wildman–Crippen MR) is 124 cm³/mol. The second-order valence-electron chi connectivity index (χ2n) is 8.19. The van der Waals surface area contributed by atoms with Crippen molar-refractivity contribution in [3.05, 3.63) is 94.2 Å². The molecule has 3 unspecified atom stereocenters. The number of rotatable bonds is 3. The molecular formula is C27H24ClNO. The van der Waals surface area contributed by atoms with E-state index in [2.05, 4.69) is 59.9 Å². The summed E-state index contributed by atoms with van der Waals surface area (Å²) in [5.74, 6) is 0.0325. The number of halogens is 1. The normalized spacial score (nSPS) is 22.1. The highest BCUT2D eigenvalue weighted by molar-refractivity contribution is 6.31. The maximum Gasteiger partial charge on any atom is 0.157 e. The molecule has 0 amide bonds. The van der Waals surface area contributed by atoms with E-state index in [0.29, 0.717) is 0 Å². The Morgan fingerprint density at radius 3 is 2.80 bits per heavy atom. The van der Waals surface area contributed by atoms with Crippen LogP contribution in [0.4, 0.5) is 0 Å². The molecule has 0 saturated heterocycles. The van der Waals surface area contributed by atoms with Crippen molar-refractivity contribution in [3.8, 4) is 11.1 Å². The van der Waals surface area contributed by atoms with E-state index in [1.807, 2.05) is 24.4 Å². The monoisotopic (exact) mass is 413 g/mol. The van der Waals surface area contributed by atoms with Gasteiger partial charge in [-0.15, -0.1) is 11.6 Å². The number of nitrogens with one attached hydrogen (secondary N) is 1. The Kier molecular flexibility index (Phi) is 4.96. The third-order valence-corrected chi connectivity index (χ3v) is 6.58. The van der Waals surface area contributed by atoms with E-state index in [1.165, 1.54) is 32.7 Å². The highest BCUT2D eigenvalue weighted by Gasteiger charge is 2.31. The molecule has 0 spiro atoms. The Hall–Kier alpha value is -2.84. The van der Waals surface area contributed by atoms with Crippen molar-refractivity contribution in [2.24, 2.45) is 5.92 Å². The van der Waals surface area contributed by atoms with Crippen LogP contribution in [-0.2, 0) is 11.2 Å². The number of hydrogen-bond donors (Lipinski definition) is 1. The second kappa shape index (κ2) is 7.77. The minimum absolute atomic E-state index is 0.0986. The number of benzene rings is 2. The molecule has 5 rings (SSSR count). The largest absolute Gasteiger partial charge is 0.364 e. The van der Waals surface area contributed by atoms with E-state index < -0.39 is 5.38 Å². The number of fused-ring (bicyclic) bond motifs is 5. The zero-order valence-corrected chi connectivity index (χ0v) is 17.7. The van der Waals surface area contributed by atoms with Crippen molar-refractivity contribution >= 4 is 29.5 Å². The minimum Gasteiger partial charge on any atom is -0.364 e. The van der Waals surface area contributed by atoms with Gasteiger partial charge in [-0.05, 0) is 64.6 Å². The number of hydrogen-bond acceptors (Lipinski definition) is 2. The predicted octanol–water partition coefficient (Wildman–Crippen LogP) is 4.33. The Balaban J connectivity index is 1.73. The molecule has 2 aliphatic carbocycles. The number of alkyl halides is 1. The number of carbonyl (C=O) groups excluding carboxylic acids is 1. The van der Waals surface area contributed by atoms with Gasteiger partial charge in [0.1, 0.15) is 0 Å². The van der Waals surface area contributed by atoms with Gasteiger partial charge >= 0.3 is 0 Å². The number of carbonyl (C=O) groups is 1. The van der Waals surface area contributed by atoms with Crippen LogP contribution in [0.5, 0.6) is 0 Å². The summed E-state index contributed by atoms with van der Waals surface area (Å²) in [7, 11) is 0. The molecule has 0 fully saturated rings. The third kappa shape index (κ3) is 3.26. The van der Waals surface area contributed by atoms with Gasteiger partial charge in [-0.25, -0.2) is 0 Å². The molecule has 1 N–H and O–H groups in total. The maximum atomic E-state index is 12.9. The topological polar surface area (TPSA) is 29.1 Å². The molecular weight excluding hydrogens is 390 g/mol. The molecule has 1 aliphatic heterocycles. The van der Waals surface area contributed by atoms with Crippen LogP contribution in [-0.4, -0.2) is 11.2 Å². The van der Waals surface area contributed by atoms with Crippen molar-refractivity contribution in [2.75, 3.05) is 0 Å². The lowest BCUT2D eigenvalue weighted by molar-refractivity contribution is -0.120. The molecule has 30 heavy (non-hydrogen) atoms. The van der Waals surface area contributed by atoms with Crippen molar-refractivity contribution in [1.29, 1.82) is 0 Å². The Morgan fingerprint density at radius 2 is 1.93 bits per heavy atom. The average molecular weight is 414 g/mol. The highest BCUT2D eigenvalue weighted by atomic mass is 35.5. The lowest BCUT2D eigenvalue weighted by atomic mass is 9.76. The third-order valence-electron chi connectivity index (χ3n) is 6.36. The van der Waals surface area contributed by atoms with Gasteiger partial charge in [-0.2, -0.15) is 0 Å². The van der Waals surface area contributed by atoms with E-state index >= 15 is 0 Å². The number of Topliss-reactive ketones (excluding diaryl/α,β-unsaturated/α-hetero) is 1. The zero-order valence-electron chi connectivity index (χ0n) is 16.9. The zero-order chi connectivity index (χ0) is 20.7. The quantitative estimate of drug-likeness (QED) is 0.759. The smallest absolute Gasteiger partial charge is 0.157 e. The van der Waals surface area contributed by atoms with Gasteiger partial charge in [0.2, 0.25) is 0 Å². The molecule has 0 bridgehead atoms. The molecule has 2 aromatic carbocycles. The first kappa shape index (κ1) is 19.1. The summed E-state index contributed by atoms with van der Waals surface area (Å²) in [4.78, 5) is 12.9. The molecule has 1 heterocycles. The van der Waals surface area contributed by atoms with Crippen LogP contribution >= 0.6 is 11.6 Å². The molecule has 150 valence electrons. The molecule has 2 aromatic rings. The van der Waals surface area contributed by atoms with Crippen molar-refractivity contribution in [3.63, 3.8) is 0 Å². The Bertz CT molecular complexity index is 1230. The van der Waals surface area contributed by atoms with Gasteiger partial charge in [0.05, 0.1) is 5.38 Å². The van der Waals surface area contributed by atoms with Crippen LogP contribution in [0.2, 0.25) is 0 Å². The summed E-state index contributed by atoms with van der Waals surface area (Å²) in [6.45, 7) is 1.78. The fourth-order valence-electron chi connectivity index (χ4n) is 4.90. The average Bonchev–Trinajstić information content (AvgIpc) is 3.06. The standard InChI is InChI=1S/C27H24ClNO/c1-17(28)27(30)19-15-24-22-11-10-18-7-4-5-8-20(18)21(22)12-13-23(24)25(16-19)26-9-3-2-6-14-29-26/h2-9,11-15,17,19,25,29H,10,16H2,1H3. The summed E-state index contributed by atoms with van der Waals surface area (Å²) in [6, 6.07) is 13.1. The molecule has 0 saturated carbocycles. The van der Waals surface area contributed by atoms with Crippen LogP contribution in [0.1, 0.15) is 30.4 Å². The Morgan fingerprint density at radius 1 is 1.07 bits per heavy atom. The van der Waals surface area contributed by atoms with Gasteiger partial charge in [0.25, 0.3) is 0 Å². The first-order valence-corrected chi connectivity index (χ1v) is 11.0. The van der Waals surface area contributed by atoms with Crippen molar-refractivity contribution in [1.82, 2.24) is 5.32 Å². The summed E-state index contributed by atoms with van der Waals surface area (Å²) >= 11 is 6.23. The maximum absolute atomic E-state index is 12.9. The van der Waals surface area contributed by atoms with Crippen LogP contribution in [0, 0.1) is 5.92 Å². The van der Waals surface area contributed by atoms with Crippen LogP contribution in [0.25, 0.3) is 23.3 Å². The summed E-state index contributed by atoms with van der Waals surface area (Å²) < 4.78 is 0. The van der Waals surface area contributed by atoms with E-state index in [-0.39, 0.29) is 17.6 Å². The van der Waals surface area contributed by atoms with Crippen LogP contribution in [0.3, 0.4) is 0 Å². The van der Waals surface area contributed by atoms with Crippen LogP contribution in [0.15, 0.2) is 72.6 Å². The fraction of sp³-hybridized carbons (Fsp3) is 0.222. The first-order valence-electron chi connectivity index (χ1n) is 10.5. The fourth-order valence-corrected chi connectivity index (χ4v) is 5.06. The minimum atomic E-state index is -0.492. The molecule has 3 atom stereocenters. The van der Waals surface area contributed by atoms with E-state index in [4.69, 9.17) is 11.6 Å².